The first-order valence-electron chi connectivity index (χ1n) is 3.59. The molecule has 1 aliphatic heterocycles. The molecule has 11 heavy (non-hydrogen) atoms. The summed E-state index contributed by atoms with van der Waals surface area (Å²) in [6, 6.07) is 0.153. The first kappa shape index (κ1) is 10.6. The zero-order valence-corrected chi connectivity index (χ0v) is 7.34. The zero-order chi connectivity index (χ0) is 7.40. The number of rotatable bonds is 2. The van der Waals surface area contributed by atoms with Crippen molar-refractivity contribution in [3.63, 3.8) is 0 Å². The molecule has 1 heterocycles. The Hall–Kier alpha value is -0.440. The maximum Gasteiger partial charge on any atom is 0.0386 e. The van der Waals surface area contributed by atoms with Gasteiger partial charge in [0.1, 0.15) is 0 Å². The topological polar surface area (TPSA) is 60.8 Å². The molecule has 64 valence electrons. The highest BCUT2D eigenvalue weighted by Gasteiger charge is 2.19. The van der Waals surface area contributed by atoms with Gasteiger partial charge in [0.2, 0.25) is 0 Å². The molecule has 1 saturated heterocycles. The molecule has 4 nitrogen and oxygen atoms in total. The Morgan fingerprint density at radius 1 is 1.73 bits per heavy atom. The van der Waals surface area contributed by atoms with Gasteiger partial charge in [-0.05, 0) is 31.0 Å². The van der Waals surface area contributed by atoms with Crippen LogP contribution in [0.25, 0.3) is 10.4 Å². The number of azide groups is 1. The predicted octanol–water partition coefficient (Wildman–Crippen LogP) is 1.72. The molecule has 0 bridgehead atoms. The van der Waals surface area contributed by atoms with E-state index in [0.717, 1.165) is 19.5 Å². The van der Waals surface area contributed by atoms with Gasteiger partial charge in [-0.3, -0.25) is 0 Å². The second kappa shape index (κ2) is 5.24. The van der Waals surface area contributed by atoms with E-state index in [2.05, 4.69) is 15.3 Å². The van der Waals surface area contributed by atoms with Crippen LogP contribution in [0.3, 0.4) is 0 Å². The van der Waals surface area contributed by atoms with Crippen molar-refractivity contribution in [1.29, 1.82) is 0 Å². The third-order valence-electron chi connectivity index (χ3n) is 2.01. The molecule has 1 aliphatic rings. The summed E-state index contributed by atoms with van der Waals surface area (Å²) in [6.45, 7) is 4.04. The second-order valence-electron chi connectivity index (χ2n) is 2.70. The van der Waals surface area contributed by atoms with Gasteiger partial charge in [-0.25, -0.2) is 0 Å². The van der Waals surface area contributed by atoms with Gasteiger partial charge in [-0.1, -0.05) is 12.0 Å². The lowest BCUT2D eigenvalue weighted by atomic mass is 10.0. The van der Waals surface area contributed by atoms with Crippen LogP contribution in [0.1, 0.15) is 13.3 Å². The fraction of sp³-hybridized carbons (Fsp3) is 1.00. The standard InChI is InChI=1S/C6H12N4.ClH/c1-5(9-10-7)6-2-3-8-4-6;/h5-6,8H,2-4H2,1H3;1H/t5-,6+;/m1./s1. The molecule has 1 N–H and O–H groups in total. The molecule has 0 aromatic carbocycles. The Bertz CT molecular complexity index is 149. The van der Waals surface area contributed by atoms with E-state index in [1.54, 1.807) is 0 Å². The molecule has 0 unspecified atom stereocenters. The molecular weight excluding hydrogens is 164 g/mol. The summed E-state index contributed by atoms with van der Waals surface area (Å²) in [6.07, 6.45) is 1.14. The van der Waals surface area contributed by atoms with Crippen LogP contribution in [0.15, 0.2) is 5.11 Å². The van der Waals surface area contributed by atoms with Crippen LogP contribution in [0.5, 0.6) is 0 Å². The number of nitrogens with one attached hydrogen (secondary N) is 1. The summed E-state index contributed by atoms with van der Waals surface area (Å²) in [5.41, 5.74) is 8.13. The van der Waals surface area contributed by atoms with Crippen LogP contribution < -0.4 is 5.32 Å². The summed E-state index contributed by atoms with van der Waals surface area (Å²) in [4.78, 5) is 2.78. The lowest BCUT2D eigenvalue weighted by Crippen LogP contribution is -2.17. The van der Waals surface area contributed by atoms with Crippen molar-refractivity contribution in [2.45, 2.75) is 19.4 Å². The summed E-state index contributed by atoms with van der Waals surface area (Å²) < 4.78 is 0. The van der Waals surface area contributed by atoms with E-state index < -0.39 is 0 Å². The first-order chi connectivity index (χ1) is 4.84. The third kappa shape index (κ3) is 2.97. The van der Waals surface area contributed by atoms with E-state index >= 15 is 0 Å². The van der Waals surface area contributed by atoms with Crippen LogP contribution in [0, 0.1) is 5.92 Å². The first-order valence-corrected chi connectivity index (χ1v) is 3.59. The van der Waals surface area contributed by atoms with Gasteiger partial charge in [0, 0.05) is 11.0 Å². The monoisotopic (exact) mass is 176 g/mol. The Morgan fingerprint density at radius 3 is 2.91 bits per heavy atom. The van der Waals surface area contributed by atoms with Gasteiger partial charge in [0.15, 0.2) is 0 Å². The highest BCUT2D eigenvalue weighted by molar-refractivity contribution is 5.85. The van der Waals surface area contributed by atoms with Crippen molar-refractivity contribution >= 4 is 12.4 Å². The summed E-state index contributed by atoms with van der Waals surface area (Å²) >= 11 is 0. The number of hydrogen-bond donors (Lipinski definition) is 1. The largest absolute Gasteiger partial charge is 0.316 e. The normalized spacial score (nSPS) is 25.0. The van der Waals surface area contributed by atoms with Crippen LogP contribution in [-0.2, 0) is 0 Å². The molecule has 0 saturated carbocycles. The van der Waals surface area contributed by atoms with Crippen LogP contribution >= 0.6 is 12.4 Å². The SMILES string of the molecule is C[C@@H](N=[N+]=[N-])[C@H]1CCNC1.Cl. The average Bonchev–Trinajstić information content (AvgIpc) is 2.38. The average molecular weight is 177 g/mol. The Morgan fingerprint density at radius 2 is 2.45 bits per heavy atom. The molecule has 0 aliphatic carbocycles. The van der Waals surface area contributed by atoms with Crippen molar-refractivity contribution in [3.8, 4) is 0 Å². The quantitative estimate of drug-likeness (QED) is 0.389. The third-order valence-corrected chi connectivity index (χ3v) is 2.01. The molecule has 1 rings (SSSR count). The molecule has 0 spiro atoms. The minimum atomic E-state index is 0. The van der Waals surface area contributed by atoms with Gasteiger partial charge >= 0.3 is 0 Å². The van der Waals surface area contributed by atoms with Gasteiger partial charge < -0.3 is 5.32 Å². The molecule has 5 heteroatoms. The van der Waals surface area contributed by atoms with Crippen molar-refractivity contribution in [3.05, 3.63) is 10.4 Å². The molecule has 0 aromatic heterocycles. The van der Waals surface area contributed by atoms with Crippen LogP contribution in [0.4, 0.5) is 0 Å². The van der Waals surface area contributed by atoms with Crippen LogP contribution in [0.2, 0.25) is 0 Å². The highest BCUT2D eigenvalue weighted by atomic mass is 35.5. The zero-order valence-electron chi connectivity index (χ0n) is 6.53. The number of hydrogen-bond acceptors (Lipinski definition) is 2. The number of halogens is 1. The van der Waals surface area contributed by atoms with Crippen molar-refractivity contribution in [2.24, 2.45) is 11.0 Å². The van der Waals surface area contributed by atoms with Gasteiger partial charge in [0.05, 0.1) is 0 Å². The van der Waals surface area contributed by atoms with E-state index in [9.17, 15) is 0 Å². The Balaban J connectivity index is 0.000001000. The van der Waals surface area contributed by atoms with Crippen molar-refractivity contribution in [1.82, 2.24) is 5.32 Å². The minimum absolute atomic E-state index is 0. The smallest absolute Gasteiger partial charge is 0.0386 e. The molecule has 0 radical (unpaired) electrons. The molecule has 2 atom stereocenters. The van der Waals surface area contributed by atoms with E-state index in [4.69, 9.17) is 5.53 Å². The lowest BCUT2D eigenvalue weighted by molar-refractivity contribution is 0.482. The van der Waals surface area contributed by atoms with Gasteiger partial charge in [-0.2, -0.15) is 0 Å². The van der Waals surface area contributed by atoms with Crippen molar-refractivity contribution in [2.75, 3.05) is 13.1 Å². The predicted molar refractivity (Wildman–Crippen MR) is 46.8 cm³/mol. The molecule has 0 amide bonds. The van der Waals surface area contributed by atoms with Crippen molar-refractivity contribution < 1.29 is 0 Å². The summed E-state index contributed by atoms with van der Waals surface area (Å²) in [5.74, 6) is 0.552. The van der Waals surface area contributed by atoms with Crippen LogP contribution in [-0.4, -0.2) is 19.1 Å². The van der Waals surface area contributed by atoms with Gasteiger partial charge in [0.25, 0.3) is 0 Å². The lowest BCUT2D eigenvalue weighted by Gasteiger charge is -2.10. The van der Waals surface area contributed by atoms with E-state index in [0.29, 0.717) is 5.92 Å². The van der Waals surface area contributed by atoms with E-state index in [1.165, 1.54) is 0 Å². The van der Waals surface area contributed by atoms with E-state index in [1.807, 2.05) is 6.92 Å². The number of nitrogens with zero attached hydrogens (tertiary/aromatic N) is 3. The molecule has 0 aromatic rings. The fourth-order valence-electron chi connectivity index (χ4n) is 1.26. The Labute approximate surface area is 72.4 Å². The Kier molecular flexibility index (Phi) is 5.03. The minimum Gasteiger partial charge on any atom is -0.316 e. The van der Waals surface area contributed by atoms with Gasteiger partial charge in [-0.15, -0.1) is 12.4 Å². The molecule has 1 fully saturated rings. The highest BCUT2D eigenvalue weighted by Crippen LogP contribution is 2.14. The second-order valence-corrected chi connectivity index (χ2v) is 2.70. The maximum absolute atomic E-state index is 8.13. The fourth-order valence-corrected chi connectivity index (χ4v) is 1.26. The summed E-state index contributed by atoms with van der Waals surface area (Å²) in [5, 5.41) is 6.88. The maximum atomic E-state index is 8.13. The summed E-state index contributed by atoms with van der Waals surface area (Å²) in [7, 11) is 0. The molecular formula is C6H13ClN4. The van der Waals surface area contributed by atoms with E-state index in [-0.39, 0.29) is 18.4 Å².